The summed E-state index contributed by atoms with van der Waals surface area (Å²) in [6.07, 6.45) is 0. The van der Waals surface area contributed by atoms with Gasteiger partial charge in [0.1, 0.15) is 5.82 Å². The van der Waals surface area contributed by atoms with Crippen LogP contribution in [0.3, 0.4) is 0 Å². The number of nitrogens with zero attached hydrogens (tertiary/aromatic N) is 3. The molecule has 2 aromatic rings. The zero-order valence-corrected chi connectivity index (χ0v) is 9.19. The third-order valence-corrected chi connectivity index (χ3v) is 2.04. The van der Waals surface area contributed by atoms with Gasteiger partial charge in [0.2, 0.25) is 5.89 Å². The SMILES string of the molecule is Cc1ccc(N)c(NCc2nc(C)no2)n1. The van der Waals surface area contributed by atoms with E-state index in [2.05, 4.69) is 20.4 Å². The zero-order valence-electron chi connectivity index (χ0n) is 9.19. The van der Waals surface area contributed by atoms with Gasteiger partial charge in [-0.1, -0.05) is 5.16 Å². The first-order valence-corrected chi connectivity index (χ1v) is 4.91. The molecule has 6 heteroatoms. The summed E-state index contributed by atoms with van der Waals surface area (Å²) in [5, 5.41) is 6.74. The van der Waals surface area contributed by atoms with Crippen LogP contribution in [0.1, 0.15) is 17.4 Å². The Bertz CT molecular complexity index is 494. The van der Waals surface area contributed by atoms with Crippen molar-refractivity contribution < 1.29 is 4.52 Å². The summed E-state index contributed by atoms with van der Waals surface area (Å²) in [5.41, 5.74) is 7.27. The Labute approximate surface area is 92.9 Å². The molecule has 2 rings (SSSR count). The normalized spacial score (nSPS) is 10.4. The van der Waals surface area contributed by atoms with Gasteiger partial charge < -0.3 is 15.6 Å². The molecule has 0 amide bonds. The van der Waals surface area contributed by atoms with E-state index in [4.69, 9.17) is 10.3 Å². The van der Waals surface area contributed by atoms with Crippen LogP contribution in [0, 0.1) is 13.8 Å². The number of nitrogen functional groups attached to an aromatic ring is 1. The zero-order chi connectivity index (χ0) is 11.5. The highest BCUT2D eigenvalue weighted by Gasteiger charge is 2.05. The average Bonchev–Trinajstić information content (AvgIpc) is 2.66. The molecular weight excluding hydrogens is 206 g/mol. The fourth-order valence-electron chi connectivity index (χ4n) is 1.28. The van der Waals surface area contributed by atoms with Crippen LogP contribution in [0.2, 0.25) is 0 Å². The number of nitrogens with one attached hydrogen (secondary N) is 1. The lowest BCUT2D eigenvalue weighted by atomic mass is 10.3. The van der Waals surface area contributed by atoms with Crippen LogP contribution in [0.5, 0.6) is 0 Å². The van der Waals surface area contributed by atoms with E-state index in [9.17, 15) is 0 Å². The number of nitrogens with two attached hydrogens (primary N) is 1. The minimum absolute atomic E-state index is 0.418. The molecule has 0 saturated carbocycles. The van der Waals surface area contributed by atoms with Gasteiger partial charge >= 0.3 is 0 Å². The average molecular weight is 219 g/mol. The van der Waals surface area contributed by atoms with Gasteiger partial charge in [-0.2, -0.15) is 4.98 Å². The molecule has 0 fully saturated rings. The van der Waals surface area contributed by atoms with E-state index in [0.29, 0.717) is 29.8 Å². The molecule has 84 valence electrons. The molecule has 0 aliphatic rings. The molecule has 16 heavy (non-hydrogen) atoms. The lowest BCUT2D eigenvalue weighted by Crippen LogP contribution is -2.05. The molecule has 0 radical (unpaired) electrons. The largest absolute Gasteiger partial charge is 0.396 e. The van der Waals surface area contributed by atoms with Gasteiger partial charge in [-0.25, -0.2) is 4.98 Å². The maximum absolute atomic E-state index is 5.77. The second-order valence-electron chi connectivity index (χ2n) is 3.48. The highest BCUT2D eigenvalue weighted by atomic mass is 16.5. The lowest BCUT2D eigenvalue weighted by molar-refractivity contribution is 0.379. The lowest BCUT2D eigenvalue weighted by Gasteiger charge is -2.06. The smallest absolute Gasteiger partial charge is 0.245 e. The molecular formula is C10H13N5O. The van der Waals surface area contributed by atoms with Crippen molar-refractivity contribution >= 4 is 11.5 Å². The van der Waals surface area contributed by atoms with E-state index in [1.807, 2.05) is 19.1 Å². The molecule has 3 N–H and O–H groups in total. The minimum Gasteiger partial charge on any atom is -0.396 e. The molecule has 0 unspecified atom stereocenters. The van der Waals surface area contributed by atoms with Crippen LogP contribution in [-0.4, -0.2) is 15.1 Å². The fourth-order valence-corrected chi connectivity index (χ4v) is 1.28. The van der Waals surface area contributed by atoms with Crippen molar-refractivity contribution in [3.8, 4) is 0 Å². The second-order valence-corrected chi connectivity index (χ2v) is 3.48. The predicted octanol–water partition coefficient (Wildman–Crippen LogP) is 1.28. The Kier molecular flexibility index (Phi) is 2.72. The highest BCUT2D eigenvalue weighted by Crippen LogP contribution is 2.15. The summed E-state index contributed by atoms with van der Waals surface area (Å²) in [6, 6.07) is 3.67. The van der Waals surface area contributed by atoms with Crippen molar-refractivity contribution in [2.24, 2.45) is 0 Å². The van der Waals surface area contributed by atoms with E-state index in [-0.39, 0.29) is 0 Å². The third kappa shape index (κ3) is 2.28. The van der Waals surface area contributed by atoms with Crippen molar-refractivity contribution in [3.05, 3.63) is 29.5 Å². The van der Waals surface area contributed by atoms with E-state index >= 15 is 0 Å². The second kappa shape index (κ2) is 4.18. The molecule has 2 aromatic heterocycles. The number of pyridine rings is 1. The molecule has 0 aliphatic heterocycles. The summed E-state index contributed by atoms with van der Waals surface area (Å²) in [4.78, 5) is 8.34. The Morgan fingerprint density at radius 2 is 2.12 bits per heavy atom. The number of anilines is 2. The van der Waals surface area contributed by atoms with Crippen LogP contribution in [0.25, 0.3) is 0 Å². The van der Waals surface area contributed by atoms with Gasteiger partial charge in [-0.15, -0.1) is 0 Å². The van der Waals surface area contributed by atoms with Crippen molar-refractivity contribution in [2.45, 2.75) is 20.4 Å². The molecule has 0 aromatic carbocycles. The van der Waals surface area contributed by atoms with Gasteiger partial charge in [0.15, 0.2) is 5.82 Å². The number of rotatable bonds is 3. The van der Waals surface area contributed by atoms with Crippen LogP contribution in [0.4, 0.5) is 11.5 Å². The molecule has 0 atom stereocenters. The number of hydrogen-bond donors (Lipinski definition) is 2. The van der Waals surface area contributed by atoms with E-state index in [1.165, 1.54) is 0 Å². The summed E-state index contributed by atoms with van der Waals surface area (Å²) in [5.74, 6) is 1.76. The summed E-state index contributed by atoms with van der Waals surface area (Å²) in [6.45, 7) is 4.09. The van der Waals surface area contributed by atoms with Crippen molar-refractivity contribution in [1.82, 2.24) is 15.1 Å². The Balaban J connectivity index is 2.07. The van der Waals surface area contributed by atoms with Crippen LogP contribution >= 0.6 is 0 Å². The molecule has 0 aliphatic carbocycles. The van der Waals surface area contributed by atoms with E-state index in [1.54, 1.807) is 6.92 Å². The topological polar surface area (TPSA) is 89.9 Å². The van der Waals surface area contributed by atoms with Gasteiger partial charge in [0.05, 0.1) is 12.2 Å². The summed E-state index contributed by atoms with van der Waals surface area (Å²) < 4.78 is 4.96. The molecule has 6 nitrogen and oxygen atoms in total. The van der Waals surface area contributed by atoms with Crippen LogP contribution in [0.15, 0.2) is 16.7 Å². The van der Waals surface area contributed by atoms with E-state index in [0.717, 1.165) is 5.69 Å². The molecule has 2 heterocycles. The summed E-state index contributed by atoms with van der Waals surface area (Å²) in [7, 11) is 0. The van der Waals surface area contributed by atoms with Crippen LogP contribution in [-0.2, 0) is 6.54 Å². The van der Waals surface area contributed by atoms with Crippen LogP contribution < -0.4 is 11.1 Å². The van der Waals surface area contributed by atoms with Gasteiger partial charge in [0, 0.05) is 5.69 Å². The van der Waals surface area contributed by atoms with Crippen molar-refractivity contribution in [3.63, 3.8) is 0 Å². The molecule has 0 bridgehead atoms. The monoisotopic (exact) mass is 219 g/mol. The van der Waals surface area contributed by atoms with Gasteiger partial charge in [-0.05, 0) is 26.0 Å². The van der Waals surface area contributed by atoms with Crippen molar-refractivity contribution in [2.75, 3.05) is 11.1 Å². The Morgan fingerprint density at radius 1 is 1.31 bits per heavy atom. The maximum atomic E-state index is 5.77. The molecule has 0 saturated heterocycles. The van der Waals surface area contributed by atoms with E-state index < -0.39 is 0 Å². The number of aryl methyl sites for hydroxylation is 2. The summed E-state index contributed by atoms with van der Waals surface area (Å²) >= 11 is 0. The first-order valence-electron chi connectivity index (χ1n) is 4.91. The molecule has 0 spiro atoms. The quantitative estimate of drug-likeness (QED) is 0.808. The third-order valence-electron chi connectivity index (χ3n) is 2.04. The minimum atomic E-state index is 0.418. The van der Waals surface area contributed by atoms with Crippen molar-refractivity contribution in [1.29, 1.82) is 0 Å². The predicted molar refractivity (Wildman–Crippen MR) is 59.7 cm³/mol. The Hall–Kier alpha value is -2.11. The number of hydrogen-bond acceptors (Lipinski definition) is 6. The first kappa shape index (κ1) is 10.4. The van der Waals surface area contributed by atoms with Gasteiger partial charge in [-0.3, -0.25) is 0 Å². The first-order chi connectivity index (χ1) is 7.65. The standard InChI is InChI=1S/C10H13N5O/c1-6-3-4-8(11)10(13-6)12-5-9-14-7(2)15-16-9/h3-4H,5,11H2,1-2H3,(H,12,13). The Morgan fingerprint density at radius 3 is 2.81 bits per heavy atom. The highest BCUT2D eigenvalue weighted by molar-refractivity contribution is 5.60. The number of aromatic nitrogens is 3. The maximum Gasteiger partial charge on any atom is 0.245 e. The van der Waals surface area contributed by atoms with Gasteiger partial charge in [0.25, 0.3) is 0 Å². The fraction of sp³-hybridized carbons (Fsp3) is 0.300.